The van der Waals surface area contributed by atoms with E-state index in [4.69, 9.17) is 0 Å². The van der Waals surface area contributed by atoms with Crippen LogP contribution in [-0.2, 0) is 27.2 Å². The zero-order chi connectivity index (χ0) is 20.4. The molecule has 2 aromatic rings. The lowest BCUT2D eigenvalue weighted by atomic mass is 10.1. The normalized spacial score (nSPS) is 12.5. The minimum atomic E-state index is -4.67. The van der Waals surface area contributed by atoms with Gasteiger partial charge >= 0.3 is 6.18 Å². The van der Waals surface area contributed by atoms with Crippen molar-refractivity contribution in [1.29, 1.82) is 0 Å². The molecule has 0 aliphatic rings. The number of aryl methyl sites for hydroxylation is 2. The van der Waals surface area contributed by atoms with Crippen molar-refractivity contribution in [3.8, 4) is 0 Å². The number of hydrogen-bond acceptors (Lipinski definition) is 6. The summed E-state index contributed by atoms with van der Waals surface area (Å²) in [5.41, 5.74) is 1.47. The van der Waals surface area contributed by atoms with Crippen LogP contribution in [0.5, 0.6) is 0 Å². The molecule has 0 saturated carbocycles. The van der Waals surface area contributed by atoms with E-state index in [1.807, 2.05) is 0 Å². The highest BCUT2D eigenvalue weighted by atomic mass is 32.2. The zero-order valence-corrected chi connectivity index (χ0v) is 15.9. The maximum atomic E-state index is 12.8. The van der Waals surface area contributed by atoms with E-state index < -0.39 is 21.8 Å². The SMILES string of the molecule is CCS(=O)(=O)CCNC(=O)CCc1c(C)nc2nc(C(F)(F)F)nn2c1C. The van der Waals surface area contributed by atoms with Crippen molar-refractivity contribution >= 4 is 21.5 Å². The van der Waals surface area contributed by atoms with E-state index in [-0.39, 0.29) is 42.6 Å². The van der Waals surface area contributed by atoms with Gasteiger partial charge in [0.2, 0.25) is 5.91 Å². The Balaban J connectivity index is 2.09. The lowest BCUT2D eigenvalue weighted by molar-refractivity contribution is -0.144. The number of hydrogen-bond donors (Lipinski definition) is 1. The van der Waals surface area contributed by atoms with Gasteiger partial charge in [0, 0.05) is 30.1 Å². The molecule has 8 nitrogen and oxygen atoms in total. The summed E-state index contributed by atoms with van der Waals surface area (Å²) < 4.78 is 62.1. The number of nitrogens with zero attached hydrogens (tertiary/aromatic N) is 4. The van der Waals surface area contributed by atoms with Gasteiger partial charge in [0.25, 0.3) is 11.6 Å². The molecule has 0 bridgehead atoms. The highest BCUT2D eigenvalue weighted by Gasteiger charge is 2.36. The lowest BCUT2D eigenvalue weighted by Gasteiger charge is -2.10. The van der Waals surface area contributed by atoms with Crippen LogP contribution in [0.1, 0.15) is 36.1 Å². The van der Waals surface area contributed by atoms with Crippen LogP contribution >= 0.6 is 0 Å². The molecule has 27 heavy (non-hydrogen) atoms. The summed E-state index contributed by atoms with van der Waals surface area (Å²) in [6.45, 7) is 4.75. The summed E-state index contributed by atoms with van der Waals surface area (Å²) in [7, 11) is -3.16. The van der Waals surface area contributed by atoms with Crippen molar-refractivity contribution < 1.29 is 26.4 Å². The fraction of sp³-hybridized carbons (Fsp3) is 0.600. The molecule has 1 N–H and O–H groups in total. The van der Waals surface area contributed by atoms with Crippen LogP contribution in [0.4, 0.5) is 13.2 Å². The van der Waals surface area contributed by atoms with E-state index in [0.29, 0.717) is 17.0 Å². The van der Waals surface area contributed by atoms with Gasteiger partial charge in [-0.1, -0.05) is 6.92 Å². The Labute approximate surface area is 154 Å². The summed E-state index contributed by atoms with van der Waals surface area (Å²) in [5, 5.41) is 5.97. The predicted octanol–water partition coefficient (Wildman–Crippen LogP) is 1.24. The van der Waals surface area contributed by atoms with Crippen LogP contribution in [0.15, 0.2) is 0 Å². The van der Waals surface area contributed by atoms with Crippen LogP contribution in [0.3, 0.4) is 0 Å². The molecule has 0 unspecified atom stereocenters. The Morgan fingerprint density at radius 3 is 2.48 bits per heavy atom. The molecule has 0 aliphatic heterocycles. The van der Waals surface area contributed by atoms with E-state index in [1.165, 1.54) is 6.92 Å². The Morgan fingerprint density at radius 2 is 1.89 bits per heavy atom. The first kappa shape index (κ1) is 21.1. The summed E-state index contributed by atoms with van der Waals surface area (Å²) in [5.74, 6) is -1.92. The molecule has 0 saturated heterocycles. The quantitative estimate of drug-likeness (QED) is 0.740. The maximum Gasteiger partial charge on any atom is 0.453 e. The van der Waals surface area contributed by atoms with Crippen LogP contribution in [-0.4, -0.2) is 52.0 Å². The molecule has 1 amide bonds. The van der Waals surface area contributed by atoms with Crippen LogP contribution in [0.25, 0.3) is 5.78 Å². The number of halogens is 3. The van der Waals surface area contributed by atoms with Gasteiger partial charge < -0.3 is 5.32 Å². The summed E-state index contributed by atoms with van der Waals surface area (Å²) >= 11 is 0. The van der Waals surface area contributed by atoms with E-state index in [2.05, 4.69) is 20.4 Å². The second-order valence-corrected chi connectivity index (χ2v) is 8.47. The number of amides is 1. The van der Waals surface area contributed by atoms with E-state index in [9.17, 15) is 26.4 Å². The number of fused-ring (bicyclic) bond motifs is 1. The first-order chi connectivity index (χ1) is 12.4. The Bertz CT molecular complexity index is 954. The number of rotatable bonds is 7. The molecule has 12 heteroatoms. The summed E-state index contributed by atoms with van der Waals surface area (Å²) in [6, 6.07) is 0. The molecule has 0 aliphatic carbocycles. The minimum Gasteiger partial charge on any atom is -0.355 e. The topological polar surface area (TPSA) is 106 Å². The molecule has 0 radical (unpaired) electrons. The standard InChI is InChI=1S/C15H20F3N5O3S/c1-4-27(25,26)8-7-19-12(24)6-5-11-9(2)20-14-21-13(15(16,17)18)22-23(14)10(11)3/h4-8H2,1-3H3,(H,19,24). The number of carbonyl (C=O) groups is 1. The van der Waals surface area contributed by atoms with Crippen LogP contribution < -0.4 is 5.32 Å². The number of carbonyl (C=O) groups excluding carboxylic acids is 1. The van der Waals surface area contributed by atoms with Gasteiger partial charge in [0.1, 0.15) is 0 Å². The smallest absolute Gasteiger partial charge is 0.355 e. The molecule has 0 atom stereocenters. The first-order valence-corrected chi connectivity index (χ1v) is 10.0. The number of aromatic nitrogens is 4. The van der Waals surface area contributed by atoms with Gasteiger partial charge in [0.15, 0.2) is 9.84 Å². The monoisotopic (exact) mass is 407 g/mol. The fourth-order valence-electron chi connectivity index (χ4n) is 2.51. The van der Waals surface area contributed by atoms with Gasteiger partial charge in [-0.3, -0.25) is 4.79 Å². The summed E-state index contributed by atoms with van der Waals surface area (Å²) in [6.07, 6.45) is -4.40. The average Bonchev–Trinajstić information content (AvgIpc) is 2.99. The lowest BCUT2D eigenvalue weighted by Crippen LogP contribution is -2.29. The van der Waals surface area contributed by atoms with Crippen molar-refractivity contribution in [3.63, 3.8) is 0 Å². The maximum absolute atomic E-state index is 12.8. The molecule has 0 fully saturated rings. The largest absolute Gasteiger partial charge is 0.453 e. The van der Waals surface area contributed by atoms with Crippen molar-refractivity contribution in [2.45, 2.75) is 39.8 Å². The first-order valence-electron chi connectivity index (χ1n) is 8.21. The van der Waals surface area contributed by atoms with Gasteiger partial charge in [-0.05, 0) is 25.8 Å². The van der Waals surface area contributed by atoms with E-state index in [0.717, 1.165) is 4.52 Å². The Kier molecular flexibility index (Phi) is 6.07. The second-order valence-electron chi connectivity index (χ2n) is 5.99. The van der Waals surface area contributed by atoms with Crippen LogP contribution in [0, 0.1) is 13.8 Å². The second kappa shape index (κ2) is 7.79. The number of nitrogens with one attached hydrogen (secondary N) is 1. The minimum absolute atomic E-state index is 0.00473. The zero-order valence-electron chi connectivity index (χ0n) is 15.1. The molecule has 150 valence electrons. The molecule has 2 aromatic heterocycles. The van der Waals surface area contributed by atoms with E-state index in [1.54, 1.807) is 13.8 Å². The van der Waals surface area contributed by atoms with Crippen molar-refractivity contribution in [1.82, 2.24) is 24.9 Å². The predicted molar refractivity (Wildman–Crippen MR) is 90.9 cm³/mol. The van der Waals surface area contributed by atoms with Crippen molar-refractivity contribution in [3.05, 3.63) is 22.8 Å². The molecule has 0 spiro atoms. The number of sulfone groups is 1. The van der Waals surface area contributed by atoms with E-state index >= 15 is 0 Å². The average molecular weight is 407 g/mol. The third-order valence-electron chi connectivity index (χ3n) is 4.08. The van der Waals surface area contributed by atoms with Crippen molar-refractivity contribution in [2.75, 3.05) is 18.1 Å². The van der Waals surface area contributed by atoms with Gasteiger partial charge in [-0.25, -0.2) is 17.9 Å². The molecule has 2 heterocycles. The highest BCUT2D eigenvalue weighted by Crippen LogP contribution is 2.27. The fourth-order valence-corrected chi connectivity index (χ4v) is 3.21. The Hall–Kier alpha value is -2.24. The molecule has 0 aromatic carbocycles. The summed E-state index contributed by atoms with van der Waals surface area (Å²) in [4.78, 5) is 19.3. The Morgan fingerprint density at radius 1 is 1.22 bits per heavy atom. The highest BCUT2D eigenvalue weighted by molar-refractivity contribution is 7.91. The van der Waals surface area contributed by atoms with Gasteiger partial charge in [0.05, 0.1) is 5.75 Å². The van der Waals surface area contributed by atoms with Crippen molar-refractivity contribution in [2.24, 2.45) is 0 Å². The third kappa shape index (κ3) is 5.15. The molecular formula is C15H20F3N5O3S. The number of alkyl halides is 3. The third-order valence-corrected chi connectivity index (χ3v) is 5.79. The molecule has 2 rings (SSSR count). The van der Waals surface area contributed by atoms with Gasteiger partial charge in [-0.2, -0.15) is 18.2 Å². The van der Waals surface area contributed by atoms with Crippen LogP contribution in [0.2, 0.25) is 0 Å². The molecular weight excluding hydrogens is 387 g/mol. The van der Waals surface area contributed by atoms with Gasteiger partial charge in [-0.15, -0.1) is 5.10 Å².